The SMILES string of the molecule is c1ccc(OC2COC3(CCN(Cc4nccs4)CC3)C2)cc1. The second-order valence-corrected chi connectivity index (χ2v) is 7.43. The zero-order chi connectivity index (χ0) is 15.5. The minimum absolute atomic E-state index is 0.0266. The minimum atomic E-state index is 0.0266. The molecular formula is C18H22N2O2S. The van der Waals surface area contributed by atoms with Crippen LogP contribution in [0.5, 0.6) is 5.75 Å². The Labute approximate surface area is 141 Å². The van der Waals surface area contributed by atoms with Crippen molar-refractivity contribution in [2.75, 3.05) is 19.7 Å². The van der Waals surface area contributed by atoms with Crippen molar-refractivity contribution in [3.8, 4) is 5.75 Å². The lowest BCUT2D eigenvalue weighted by molar-refractivity contribution is -0.0454. The number of hydrogen-bond donors (Lipinski definition) is 0. The van der Waals surface area contributed by atoms with E-state index in [1.165, 1.54) is 5.01 Å². The van der Waals surface area contributed by atoms with Gasteiger partial charge in [-0.15, -0.1) is 11.3 Å². The van der Waals surface area contributed by atoms with Gasteiger partial charge in [-0.05, 0) is 25.0 Å². The number of nitrogens with zero attached hydrogens (tertiary/aromatic N) is 2. The van der Waals surface area contributed by atoms with Crippen LogP contribution in [-0.4, -0.2) is 41.3 Å². The summed E-state index contributed by atoms with van der Waals surface area (Å²) in [4.78, 5) is 6.87. The molecule has 0 amide bonds. The normalized spacial score (nSPS) is 24.1. The molecule has 2 fully saturated rings. The van der Waals surface area contributed by atoms with Gasteiger partial charge in [0.25, 0.3) is 0 Å². The van der Waals surface area contributed by atoms with Crippen molar-refractivity contribution in [1.82, 2.24) is 9.88 Å². The van der Waals surface area contributed by atoms with Crippen LogP contribution in [0.2, 0.25) is 0 Å². The van der Waals surface area contributed by atoms with E-state index in [2.05, 4.69) is 9.88 Å². The lowest BCUT2D eigenvalue weighted by Gasteiger charge is -2.38. The Morgan fingerprint density at radius 1 is 1.26 bits per heavy atom. The molecule has 122 valence electrons. The average molecular weight is 330 g/mol. The third-order valence-corrected chi connectivity index (χ3v) is 5.60. The third-order valence-electron chi connectivity index (χ3n) is 4.83. The maximum atomic E-state index is 6.19. The molecule has 5 heteroatoms. The first-order valence-corrected chi connectivity index (χ1v) is 9.16. The van der Waals surface area contributed by atoms with E-state index in [-0.39, 0.29) is 11.7 Å². The summed E-state index contributed by atoms with van der Waals surface area (Å²) in [7, 11) is 0. The molecule has 0 saturated carbocycles. The van der Waals surface area contributed by atoms with Gasteiger partial charge in [-0.3, -0.25) is 4.90 Å². The number of benzene rings is 1. The Morgan fingerprint density at radius 2 is 2.09 bits per heavy atom. The second kappa shape index (κ2) is 6.59. The van der Waals surface area contributed by atoms with Crippen molar-refractivity contribution >= 4 is 11.3 Å². The van der Waals surface area contributed by atoms with E-state index in [0.29, 0.717) is 6.61 Å². The van der Waals surface area contributed by atoms with Gasteiger partial charge >= 0.3 is 0 Å². The quantitative estimate of drug-likeness (QED) is 0.861. The van der Waals surface area contributed by atoms with Gasteiger partial charge in [0.2, 0.25) is 0 Å². The van der Waals surface area contributed by atoms with E-state index >= 15 is 0 Å². The summed E-state index contributed by atoms with van der Waals surface area (Å²) in [5, 5.41) is 3.26. The van der Waals surface area contributed by atoms with Crippen LogP contribution in [-0.2, 0) is 11.3 Å². The summed E-state index contributed by atoms with van der Waals surface area (Å²) in [6.07, 6.45) is 5.26. The number of para-hydroxylation sites is 1. The maximum Gasteiger partial charge on any atom is 0.125 e. The standard InChI is InChI=1S/C18H22N2O2S/c1-2-4-15(5-3-1)22-16-12-18(21-14-16)6-9-20(10-7-18)13-17-19-8-11-23-17/h1-5,8,11,16H,6-7,9-10,12-14H2. The topological polar surface area (TPSA) is 34.6 Å². The molecule has 0 bridgehead atoms. The average Bonchev–Trinajstić information content (AvgIpc) is 3.22. The fraction of sp³-hybridized carbons (Fsp3) is 0.500. The number of ether oxygens (including phenoxy) is 2. The predicted molar refractivity (Wildman–Crippen MR) is 90.8 cm³/mol. The van der Waals surface area contributed by atoms with Gasteiger partial charge in [-0.25, -0.2) is 4.98 Å². The molecule has 0 aliphatic carbocycles. The summed E-state index contributed by atoms with van der Waals surface area (Å²) in [5.41, 5.74) is 0.0266. The second-order valence-electron chi connectivity index (χ2n) is 6.45. The number of aromatic nitrogens is 1. The Morgan fingerprint density at radius 3 is 2.83 bits per heavy atom. The maximum absolute atomic E-state index is 6.19. The Balaban J connectivity index is 1.29. The Hall–Kier alpha value is -1.43. The van der Waals surface area contributed by atoms with E-state index < -0.39 is 0 Å². The molecule has 3 heterocycles. The van der Waals surface area contributed by atoms with Crippen LogP contribution in [0, 0.1) is 0 Å². The molecule has 2 aliphatic rings. The summed E-state index contributed by atoms with van der Waals surface area (Å²) in [6.45, 7) is 3.84. The number of piperidine rings is 1. The lowest BCUT2D eigenvalue weighted by atomic mass is 9.88. The van der Waals surface area contributed by atoms with Crippen molar-refractivity contribution in [2.45, 2.75) is 37.5 Å². The zero-order valence-electron chi connectivity index (χ0n) is 13.2. The molecule has 23 heavy (non-hydrogen) atoms. The van der Waals surface area contributed by atoms with E-state index in [0.717, 1.165) is 44.6 Å². The third kappa shape index (κ3) is 3.57. The van der Waals surface area contributed by atoms with Crippen LogP contribution in [0.4, 0.5) is 0 Å². The summed E-state index contributed by atoms with van der Waals surface area (Å²) in [6, 6.07) is 10.1. The first-order valence-electron chi connectivity index (χ1n) is 8.28. The Kier molecular flexibility index (Phi) is 4.33. The lowest BCUT2D eigenvalue weighted by Crippen LogP contribution is -2.44. The van der Waals surface area contributed by atoms with Crippen molar-refractivity contribution in [3.63, 3.8) is 0 Å². The van der Waals surface area contributed by atoms with Crippen molar-refractivity contribution in [3.05, 3.63) is 46.9 Å². The summed E-state index contributed by atoms with van der Waals surface area (Å²) >= 11 is 1.74. The molecule has 0 radical (unpaired) electrons. The number of likely N-dealkylation sites (tertiary alicyclic amines) is 1. The Bertz CT molecular complexity index is 609. The monoisotopic (exact) mass is 330 g/mol. The van der Waals surface area contributed by atoms with Crippen LogP contribution in [0.25, 0.3) is 0 Å². The van der Waals surface area contributed by atoms with Crippen LogP contribution in [0.15, 0.2) is 41.9 Å². The highest BCUT2D eigenvalue weighted by molar-refractivity contribution is 7.09. The molecule has 1 aromatic heterocycles. The fourth-order valence-electron chi connectivity index (χ4n) is 3.56. The first-order chi connectivity index (χ1) is 11.3. The highest BCUT2D eigenvalue weighted by Crippen LogP contribution is 2.37. The highest BCUT2D eigenvalue weighted by Gasteiger charge is 2.43. The number of thiazole rings is 1. The highest BCUT2D eigenvalue weighted by atomic mass is 32.1. The van der Waals surface area contributed by atoms with E-state index in [4.69, 9.17) is 9.47 Å². The first kappa shape index (κ1) is 15.1. The van der Waals surface area contributed by atoms with Gasteiger partial charge in [0, 0.05) is 31.1 Å². The van der Waals surface area contributed by atoms with Gasteiger partial charge in [-0.2, -0.15) is 0 Å². The van der Waals surface area contributed by atoms with E-state index in [9.17, 15) is 0 Å². The fourth-order valence-corrected chi connectivity index (χ4v) is 4.22. The van der Waals surface area contributed by atoms with Crippen LogP contribution < -0.4 is 4.74 Å². The molecule has 1 spiro atoms. The van der Waals surface area contributed by atoms with Gasteiger partial charge in [-0.1, -0.05) is 18.2 Å². The molecule has 4 rings (SSSR count). The van der Waals surface area contributed by atoms with Gasteiger partial charge in [0.05, 0.1) is 18.8 Å². The van der Waals surface area contributed by atoms with Crippen molar-refractivity contribution in [1.29, 1.82) is 0 Å². The minimum Gasteiger partial charge on any atom is -0.488 e. The molecule has 1 unspecified atom stereocenters. The molecule has 2 aliphatic heterocycles. The molecule has 1 atom stereocenters. The molecule has 2 aromatic rings. The molecule has 1 aromatic carbocycles. The van der Waals surface area contributed by atoms with Crippen LogP contribution >= 0.6 is 11.3 Å². The van der Waals surface area contributed by atoms with Gasteiger partial charge < -0.3 is 9.47 Å². The smallest absolute Gasteiger partial charge is 0.125 e. The van der Waals surface area contributed by atoms with Gasteiger partial charge in [0.15, 0.2) is 0 Å². The summed E-state index contributed by atoms with van der Waals surface area (Å²) < 4.78 is 12.3. The molecular weight excluding hydrogens is 308 g/mol. The van der Waals surface area contributed by atoms with Crippen molar-refractivity contribution < 1.29 is 9.47 Å². The predicted octanol–water partition coefficient (Wildman–Crippen LogP) is 3.35. The largest absolute Gasteiger partial charge is 0.488 e. The molecule has 4 nitrogen and oxygen atoms in total. The molecule has 0 N–H and O–H groups in total. The van der Waals surface area contributed by atoms with Gasteiger partial charge in [0.1, 0.15) is 16.9 Å². The van der Waals surface area contributed by atoms with Crippen LogP contribution in [0.1, 0.15) is 24.3 Å². The number of hydrogen-bond acceptors (Lipinski definition) is 5. The molecule has 2 saturated heterocycles. The van der Waals surface area contributed by atoms with Crippen LogP contribution in [0.3, 0.4) is 0 Å². The zero-order valence-corrected chi connectivity index (χ0v) is 14.0. The van der Waals surface area contributed by atoms with E-state index in [1.54, 1.807) is 11.3 Å². The number of rotatable bonds is 4. The summed E-state index contributed by atoms with van der Waals surface area (Å²) in [5.74, 6) is 0.944. The van der Waals surface area contributed by atoms with Crippen molar-refractivity contribution in [2.24, 2.45) is 0 Å². The van der Waals surface area contributed by atoms with E-state index in [1.807, 2.05) is 41.9 Å².